The predicted molar refractivity (Wildman–Crippen MR) is 58.0 cm³/mol. The average molecular weight is 182 g/mol. The van der Waals surface area contributed by atoms with Gasteiger partial charge < -0.3 is 0 Å². The van der Waals surface area contributed by atoms with Gasteiger partial charge in [0, 0.05) is 12.7 Å². The van der Waals surface area contributed by atoms with E-state index in [9.17, 15) is 0 Å². The lowest BCUT2D eigenvalue weighted by molar-refractivity contribution is 0.648. The molecule has 0 atom stereocenters. The normalized spacial score (nSPS) is 9.31. The van der Waals surface area contributed by atoms with Gasteiger partial charge in [-0.2, -0.15) is 5.10 Å². The zero-order chi connectivity index (χ0) is 10.3. The van der Waals surface area contributed by atoms with E-state index in [2.05, 4.69) is 45.9 Å². The molecule has 0 unspecified atom stereocenters. The monoisotopic (exact) mass is 182 g/mol. The fourth-order valence-electron chi connectivity index (χ4n) is 1.07. The summed E-state index contributed by atoms with van der Waals surface area (Å²) in [4.78, 5) is 0. The molecule has 1 aromatic rings. The van der Waals surface area contributed by atoms with Crippen LogP contribution in [0.2, 0.25) is 0 Å². The molecular weight excluding hydrogens is 160 g/mol. The van der Waals surface area contributed by atoms with Crippen molar-refractivity contribution in [2.75, 3.05) is 0 Å². The number of nitrogens with zero attached hydrogens (tertiary/aromatic N) is 2. The fourth-order valence-corrected chi connectivity index (χ4v) is 1.07. The van der Waals surface area contributed by atoms with Gasteiger partial charge in [-0.05, 0) is 25.8 Å². The Morgan fingerprint density at radius 2 is 1.77 bits per heavy atom. The summed E-state index contributed by atoms with van der Waals surface area (Å²) < 4.78 is 1.98. The second kappa shape index (κ2) is 6.70. The Labute approximate surface area is 82.0 Å². The van der Waals surface area contributed by atoms with Crippen molar-refractivity contribution in [2.45, 2.75) is 54.0 Å². The first-order valence-corrected chi connectivity index (χ1v) is 5.22. The summed E-state index contributed by atoms with van der Waals surface area (Å²) in [5, 5.41) is 4.36. The standard InChI is InChI=1S/C8H14N2.C3H8/c1-4-8-7(3)6-10(5-2)9-8;1-3-2/h6H,4-5H2,1-3H3;3H2,1-2H3. The summed E-state index contributed by atoms with van der Waals surface area (Å²) in [6, 6.07) is 0. The highest BCUT2D eigenvalue weighted by Crippen LogP contribution is 2.04. The van der Waals surface area contributed by atoms with E-state index in [1.807, 2.05) is 4.68 Å². The summed E-state index contributed by atoms with van der Waals surface area (Å²) in [7, 11) is 0. The van der Waals surface area contributed by atoms with Crippen LogP contribution in [0, 0.1) is 6.92 Å². The maximum Gasteiger partial charge on any atom is 0.0650 e. The van der Waals surface area contributed by atoms with Gasteiger partial charge in [-0.15, -0.1) is 0 Å². The van der Waals surface area contributed by atoms with Crippen LogP contribution in [0.5, 0.6) is 0 Å². The molecular formula is C11H22N2. The summed E-state index contributed by atoms with van der Waals surface area (Å²) >= 11 is 0. The Kier molecular flexibility index (Phi) is 6.29. The van der Waals surface area contributed by atoms with E-state index in [4.69, 9.17) is 0 Å². The third-order valence-electron chi connectivity index (χ3n) is 1.71. The van der Waals surface area contributed by atoms with Crippen molar-refractivity contribution < 1.29 is 0 Å². The van der Waals surface area contributed by atoms with Crippen LogP contribution < -0.4 is 0 Å². The Hall–Kier alpha value is -0.790. The summed E-state index contributed by atoms with van der Waals surface area (Å²) in [5.74, 6) is 0. The maximum atomic E-state index is 4.36. The molecule has 0 fully saturated rings. The predicted octanol–water partition coefficient (Wildman–Crippen LogP) is 3.19. The molecule has 0 N–H and O–H groups in total. The molecule has 0 aliphatic rings. The third kappa shape index (κ3) is 4.11. The molecule has 13 heavy (non-hydrogen) atoms. The van der Waals surface area contributed by atoms with Gasteiger partial charge in [0.1, 0.15) is 0 Å². The van der Waals surface area contributed by atoms with Gasteiger partial charge >= 0.3 is 0 Å². The van der Waals surface area contributed by atoms with Gasteiger partial charge in [0.2, 0.25) is 0 Å². The summed E-state index contributed by atoms with van der Waals surface area (Å²) in [5.41, 5.74) is 2.53. The number of hydrogen-bond donors (Lipinski definition) is 0. The lowest BCUT2D eigenvalue weighted by atomic mass is 10.2. The van der Waals surface area contributed by atoms with Gasteiger partial charge in [-0.1, -0.05) is 27.2 Å². The van der Waals surface area contributed by atoms with E-state index in [-0.39, 0.29) is 0 Å². The first kappa shape index (κ1) is 12.2. The fraction of sp³-hybridized carbons (Fsp3) is 0.727. The largest absolute Gasteiger partial charge is 0.272 e. The van der Waals surface area contributed by atoms with E-state index >= 15 is 0 Å². The van der Waals surface area contributed by atoms with Crippen molar-refractivity contribution in [1.29, 1.82) is 0 Å². The quantitative estimate of drug-likeness (QED) is 0.687. The molecule has 1 heterocycles. The Morgan fingerprint density at radius 1 is 1.23 bits per heavy atom. The molecule has 0 saturated carbocycles. The van der Waals surface area contributed by atoms with E-state index in [1.54, 1.807) is 0 Å². The van der Waals surface area contributed by atoms with Crippen molar-refractivity contribution in [3.8, 4) is 0 Å². The third-order valence-corrected chi connectivity index (χ3v) is 1.71. The van der Waals surface area contributed by atoms with Crippen LogP contribution in [0.1, 0.15) is 45.4 Å². The minimum Gasteiger partial charge on any atom is -0.272 e. The minimum absolute atomic E-state index is 0.973. The van der Waals surface area contributed by atoms with Crippen molar-refractivity contribution in [2.24, 2.45) is 0 Å². The van der Waals surface area contributed by atoms with Gasteiger partial charge in [0.15, 0.2) is 0 Å². The van der Waals surface area contributed by atoms with Crippen LogP contribution in [0.25, 0.3) is 0 Å². The molecule has 2 nitrogen and oxygen atoms in total. The van der Waals surface area contributed by atoms with Crippen LogP contribution in [0.15, 0.2) is 6.20 Å². The molecule has 0 saturated heterocycles. The Morgan fingerprint density at radius 3 is 2.00 bits per heavy atom. The molecule has 1 rings (SSSR count). The average Bonchev–Trinajstić information content (AvgIpc) is 2.47. The molecule has 76 valence electrons. The SMILES string of the molecule is CCC.CCc1nn(CC)cc1C. The smallest absolute Gasteiger partial charge is 0.0650 e. The van der Waals surface area contributed by atoms with Crippen LogP contribution in [-0.4, -0.2) is 9.78 Å². The molecule has 0 aliphatic heterocycles. The molecule has 1 aromatic heterocycles. The Bertz CT molecular complexity index is 226. The second-order valence-electron chi connectivity index (χ2n) is 3.18. The number of aromatic nitrogens is 2. The van der Waals surface area contributed by atoms with E-state index in [0.717, 1.165) is 13.0 Å². The van der Waals surface area contributed by atoms with E-state index in [0.29, 0.717) is 0 Å². The molecule has 0 aliphatic carbocycles. The first-order valence-electron chi connectivity index (χ1n) is 5.22. The van der Waals surface area contributed by atoms with Crippen LogP contribution in [0.3, 0.4) is 0 Å². The van der Waals surface area contributed by atoms with Gasteiger partial charge in [0.25, 0.3) is 0 Å². The number of aryl methyl sites for hydroxylation is 3. The minimum atomic E-state index is 0.973. The zero-order valence-electron chi connectivity index (χ0n) is 9.59. The van der Waals surface area contributed by atoms with E-state index in [1.165, 1.54) is 17.7 Å². The Balaban J connectivity index is 0.000000424. The van der Waals surface area contributed by atoms with Gasteiger partial charge in [-0.25, -0.2) is 0 Å². The molecule has 2 heteroatoms. The lowest BCUT2D eigenvalue weighted by Gasteiger charge is -1.90. The van der Waals surface area contributed by atoms with Crippen LogP contribution in [-0.2, 0) is 13.0 Å². The highest BCUT2D eigenvalue weighted by molar-refractivity contribution is 5.14. The highest BCUT2D eigenvalue weighted by Gasteiger charge is 1.99. The van der Waals surface area contributed by atoms with E-state index < -0.39 is 0 Å². The van der Waals surface area contributed by atoms with Crippen LogP contribution >= 0.6 is 0 Å². The molecule has 0 radical (unpaired) electrons. The topological polar surface area (TPSA) is 17.8 Å². The summed E-state index contributed by atoms with van der Waals surface area (Å²) in [6.07, 6.45) is 4.39. The van der Waals surface area contributed by atoms with Crippen molar-refractivity contribution in [3.63, 3.8) is 0 Å². The van der Waals surface area contributed by atoms with Gasteiger partial charge in [0.05, 0.1) is 5.69 Å². The number of rotatable bonds is 2. The molecule has 0 amide bonds. The molecule has 0 aromatic carbocycles. The number of hydrogen-bond acceptors (Lipinski definition) is 1. The molecule has 0 spiro atoms. The van der Waals surface area contributed by atoms with Crippen molar-refractivity contribution in [1.82, 2.24) is 9.78 Å². The highest BCUT2D eigenvalue weighted by atomic mass is 15.3. The van der Waals surface area contributed by atoms with Crippen molar-refractivity contribution >= 4 is 0 Å². The van der Waals surface area contributed by atoms with Crippen LogP contribution in [0.4, 0.5) is 0 Å². The zero-order valence-corrected chi connectivity index (χ0v) is 9.59. The summed E-state index contributed by atoms with van der Waals surface area (Å²) in [6.45, 7) is 11.6. The maximum absolute atomic E-state index is 4.36. The van der Waals surface area contributed by atoms with Crippen molar-refractivity contribution in [3.05, 3.63) is 17.5 Å². The molecule has 0 bridgehead atoms. The van der Waals surface area contributed by atoms with Gasteiger partial charge in [-0.3, -0.25) is 4.68 Å². The first-order chi connectivity index (χ1) is 6.19. The second-order valence-corrected chi connectivity index (χ2v) is 3.18. The lowest BCUT2D eigenvalue weighted by Crippen LogP contribution is -1.94.